The number of hydrogen-bond donors (Lipinski definition) is 2. The maximum absolute atomic E-state index is 11.5. The molecule has 0 aromatic carbocycles. The van der Waals surface area contributed by atoms with Crippen LogP contribution in [0.25, 0.3) is 0 Å². The average molecular weight is 190 g/mol. The number of nitriles is 1. The second kappa shape index (κ2) is 3.14. The Bertz CT molecular complexity index is 372. The van der Waals surface area contributed by atoms with Gasteiger partial charge in [0.2, 0.25) is 5.91 Å². The van der Waals surface area contributed by atoms with Crippen LogP contribution in [0.1, 0.15) is 18.4 Å². The van der Waals surface area contributed by atoms with Crippen molar-refractivity contribution in [2.24, 2.45) is 5.41 Å². The van der Waals surface area contributed by atoms with Crippen LogP contribution in [0.2, 0.25) is 0 Å². The first-order chi connectivity index (χ1) is 6.77. The van der Waals surface area contributed by atoms with Crippen molar-refractivity contribution >= 4 is 5.91 Å². The molecule has 1 fully saturated rings. The summed E-state index contributed by atoms with van der Waals surface area (Å²) in [4.78, 5) is 11.5. The Labute approximate surface area is 81.1 Å². The minimum atomic E-state index is -0.732. The molecule has 1 aliphatic carbocycles. The van der Waals surface area contributed by atoms with Crippen LogP contribution in [0.15, 0.2) is 12.4 Å². The second-order valence-corrected chi connectivity index (χ2v) is 3.48. The molecule has 1 aromatic rings. The van der Waals surface area contributed by atoms with Crippen LogP contribution in [0.5, 0.6) is 0 Å². The quantitative estimate of drug-likeness (QED) is 0.720. The Kier molecular flexibility index (Phi) is 1.97. The summed E-state index contributed by atoms with van der Waals surface area (Å²) in [6, 6.07) is 2.05. The number of carbonyl (C=O) groups excluding carboxylic acids is 1. The maximum atomic E-state index is 11.5. The van der Waals surface area contributed by atoms with Gasteiger partial charge in [-0.3, -0.25) is 9.89 Å². The van der Waals surface area contributed by atoms with Gasteiger partial charge in [-0.05, 0) is 12.8 Å². The number of rotatable bonds is 3. The normalized spacial score (nSPS) is 17.1. The molecule has 72 valence electrons. The number of nitrogens with zero attached hydrogens (tertiary/aromatic N) is 2. The molecule has 0 atom stereocenters. The third-order valence-electron chi connectivity index (χ3n) is 2.41. The molecule has 0 saturated heterocycles. The van der Waals surface area contributed by atoms with Gasteiger partial charge in [0.05, 0.1) is 12.3 Å². The van der Waals surface area contributed by atoms with Gasteiger partial charge >= 0.3 is 0 Å². The lowest BCUT2D eigenvalue weighted by Crippen LogP contribution is -2.30. The van der Waals surface area contributed by atoms with E-state index < -0.39 is 5.41 Å². The van der Waals surface area contributed by atoms with Crippen LogP contribution in [0.4, 0.5) is 0 Å². The number of H-pyrrole nitrogens is 1. The third kappa shape index (κ3) is 1.46. The molecule has 0 spiro atoms. The van der Waals surface area contributed by atoms with Crippen LogP contribution in [-0.2, 0) is 11.3 Å². The highest BCUT2D eigenvalue weighted by Gasteiger charge is 2.50. The van der Waals surface area contributed by atoms with E-state index in [0.29, 0.717) is 19.4 Å². The van der Waals surface area contributed by atoms with Crippen molar-refractivity contribution in [1.82, 2.24) is 15.5 Å². The molecule has 0 bridgehead atoms. The van der Waals surface area contributed by atoms with Crippen molar-refractivity contribution < 1.29 is 4.79 Å². The average Bonchev–Trinajstić information content (AvgIpc) is 2.84. The predicted molar refractivity (Wildman–Crippen MR) is 47.7 cm³/mol. The van der Waals surface area contributed by atoms with E-state index in [1.807, 2.05) is 6.07 Å². The van der Waals surface area contributed by atoms with Crippen molar-refractivity contribution in [3.63, 3.8) is 0 Å². The molecule has 5 nitrogen and oxygen atoms in total. The van der Waals surface area contributed by atoms with Gasteiger partial charge < -0.3 is 5.32 Å². The van der Waals surface area contributed by atoms with Gasteiger partial charge in [-0.2, -0.15) is 10.4 Å². The summed E-state index contributed by atoms with van der Waals surface area (Å²) < 4.78 is 0. The van der Waals surface area contributed by atoms with E-state index in [-0.39, 0.29) is 5.91 Å². The Morgan fingerprint density at radius 2 is 2.57 bits per heavy atom. The molecule has 2 N–H and O–H groups in total. The summed E-state index contributed by atoms with van der Waals surface area (Å²) >= 11 is 0. The topological polar surface area (TPSA) is 81.6 Å². The molecule has 1 aliphatic rings. The highest BCUT2D eigenvalue weighted by molar-refractivity contribution is 5.88. The summed E-state index contributed by atoms with van der Waals surface area (Å²) in [6.07, 6.45) is 4.72. The predicted octanol–water partition coefficient (Wildman–Crippen LogP) is 0.330. The number of aromatic nitrogens is 2. The lowest BCUT2D eigenvalue weighted by atomic mass is 10.1. The van der Waals surface area contributed by atoms with Gasteiger partial charge in [-0.1, -0.05) is 0 Å². The van der Waals surface area contributed by atoms with Gasteiger partial charge in [-0.25, -0.2) is 0 Å². The zero-order valence-corrected chi connectivity index (χ0v) is 7.58. The standard InChI is InChI=1S/C9H10N4O/c10-6-9(1-2-9)8(14)11-3-7-4-12-13-5-7/h4-5H,1-3H2,(H,11,14)(H,12,13). The first kappa shape index (κ1) is 8.75. The Morgan fingerprint density at radius 3 is 3.07 bits per heavy atom. The minimum Gasteiger partial charge on any atom is -0.351 e. The monoisotopic (exact) mass is 190 g/mol. The van der Waals surface area contributed by atoms with Crippen molar-refractivity contribution in [2.45, 2.75) is 19.4 Å². The number of aromatic amines is 1. The molecule has 0 unspecified atom stereocenters. The van der Waals surface area contributed by atoms with E-state index >= 15 is 0 Å². The van der Waals surface area contributed by atoms with Crippen molar-refractivity contribution in [2.75, 3.05) is 0 Å². The van der Waals surface area contributed by atoms with Gasteiger partial charge in [-0.15, -0.1) is 0 Å². The summed E-state index contributed by atoms with van der Waals surface area (Å²) in [5, 5.41) is 17.9. The van der Waals surface area contributed by atoms with Gasteiger partial charge in [0.15, 0.2) is 0 Å². The van der Waals surface area contributed by atoms with E-state index in [1.165, 1.54) is 0 Å². The zero-order valence-electron chi connectivity index (χ0n) is 7.58. The molecular weight excluding hydrogens is 180 g/mol. The number of amides is 1. The van der Waals surface area contributed by atoms with E-state index in [0.717, 1.165) is 5.56 Å². The van der Waals surface area contributed by atoms with Gasteiger partial charge in [0, 0.05) is 18.3 Å². The van der Waals surface area contributed by atoms with Crippen LogP contribution in [-0.4, -0.2) is 16.1 Å². The van der Waals surface area contributed by atoms with Crippen LogP contribution in [0.3, 0.4) is 0 Å². The second-order valence-electron chi connectivity index (χ2n) is 3.48. The van der Waals surface area contributed by atoms with E-state index in [9.17, 15) is 4.79 Å². The first-order valence-corrected chi connectivity index (χ1v) is 4.44. The molecule has 0 radical (unpaired) electrons. The molecule has 1 heterocycles. The van der Waals surface area contributed by atoms with Crippen molar-refractivity contribution in [1.29, 1.82) is 5.26 Å². The Balaban J connectivity index is 1.88. The van der Waals surface area contributed by atoms with Gasteiger partial charge in [0.1, 0.15) is 5.41 Å². The van der Waals surface area contributed by atoms with Crippen molar-refractivity contribution in [3.05, 3.63) is 18.0 Å². The lowest BCUT2D eigenvalue weighted by Gasteiger charge is -2.05. The summed E-state index contributed by atoms with van der Waals surface area (Å²) in [7, 11) is 0. The Morgan fingerprint density at radius 1 is 1.79 bits per heavy atom. The maximum Gasteiger partial charge on any atom is 0.240 e. The number of nitrogens with one attached hydrogen (secondary N) is 2. The smallest absolute Gasteiger partial charge is 0.240 e. The van der Waals surface area contributed by atoms with E-state index in [1.54, 1.807) is 12.4 Å². The van der Waals surface area contributed by atoms with Crippen molar-refractivity contribution in [3.8, 4) is 6.07 Å². The fraction of sp³-hybridized carbons (Fsp3) is 0.444. The molecule has 2 rings (SSSR count). The minimum absolute atomic E-state index is 0.166. The van der Waals surface area contributed by atoms with Crippen LogP contribution >= 0.6 is 0 Å². The number of carbonyl (C=O) groups is 1. The SMILES string of the molecule is N#CC1(C(=O)NCc2cn[nH]c2)CC1. The lowest BCUT2D eigenvalue weighted by molar-refractivity contribution is -0.124. The molecule has 1 amide bonds. The molecule has 14 heavy (non-hydrogen) atoms. The fourth-order valence-electron chi connectivity index (χ4n) is 1.24. The number of hydrogen-bond acceptors (Lipinski definition) is 3. The molecule has 0 aliphatic heterocycles. The molecule has 1 aromatic heterocycles. The fourth-order valence-corrected chi connectivity index (χ4v) is 1.24. The zero-order chi connectivity index (χ0) is 10.0. The third-order valence-corrected chi connectivity index (χ3v) is 2.41. The largest absolute Gasteiger partial charge is 0.351 e. The highest BCUT2D eigenvalue weighted by atomic mass is 16.2. The molecule has 1 saturated carbocycles. The first-order valence-electron chi connectivity index (χ1n) is 4.44. The highest BCUT2D eigenvalue weighted by Crippen LogP contribution is 2.44. The summed E-state index contributed by atoms with van der Waals surface area (Å²) in [6.45, 7) is 0.429. The van der Waals surface area contributed by atoms with Gasteiger partial charge in [0.25, 0.3) is 0 Å². The Hall–Kier alpha value is -1.83. The van der Waals surface area contributed by atoms with Crippen LogP contribution in [0, 0.1) is 16.7 Å². The van der Waals surface area contributed by atoms with E-state index in [4.69, 9.17) is 5.26 Å². The summed E-state index contributed by atoms with van der Waals surface area (Å²) in [5.41, 5.74) is 0.177. The molecular formula is C9H10N4O. The summed E-state index contributed by atoms with van der Waals surface area (Å²) in [5.74, 6) is -0.166. The molecule has 5 heteroatoms. The van der Waals surface area contributed by atoms with E-state index in [2.05, 4.69) is 15.5 Å². The van der Waals surface area contributed by atoms with Crippen LogP contribution < -0.4 is 5.32 Å².